The van der Waals surface area contributed by atoms with E-state index in [9.17, 15) is 0 Å². The lowest BCUT2D eigenvalue weighted by molar-refractivity contribution is 0.378. The first kappa shape index (κ1) is 14.1. The molecular formula is C16H20O2. The normalized spacial score (nSPS) is 9.11. The van der Waals surface area contributed by atoms with Crippen LogP contribution >= 0.6 is 0 Å². The first-order valence-corrected chi connectivity index (χ1v) is 6.17. The van der Waals surface area contributed by atoms with Crippen molar-refractivity contribution >= 4 is 0 Å². The summed E-state index contributed by atoms with van der Waals surface area (Å²) in [5.41, 5.74) is 1.15. The van der Waals surface area contributed by atoms with E-state index in [-0.39, 0.29) is 0 Å². The fourth-order valence-electron chi connectivity index (χ4n) is 1.47. The van der Waals surface area contributed by atoms with Gasteiger partial charge in [0.15, 0.2) is 11.5 Å². The fraction of sp³-hybridized carbons (Fsp3) is 0.250. The Kier molecular flexibility index (Phi) is 5.78. The monoisotopic (exact) mass is 244 g/mol. The van der Waals surface area contributed by atoms with E-state index in [1.165, 1.54) is 0 Å². The lowest BCUT2D eigenvalue weighted by Crippen LogP contribution is -1.90. The molecule has 2 rings (SSSR count). The molecule has 2 nitrogen and oxygen atoms in total. The molecule has 0 aliphatic carbocycles. The Hall–Kier alpha value is -1.96. The van der Waals surface area contributed by atoms with E-state index in [0.717, 1.165) is 22.8 Å². The van der Waals surface area contributed by atoms with Crippen LogP contribution in [0.25, 0.3) is 0 Å². The summed E-state index contributed by atoms with van der Waals surface area (Å²) in [5, 5.41) is 0. The van der Waals surface area contributed by atoms with Gasteiger partial charge in [-0.2, -0.15) is 0 Å². The summed E-state index contributed by atoms with van der Waals surface area (Å²) in [6.07, 6.45) is 0. The summed E-state index contributed by atoms with van der Waals surface area (Å²) in [4.78, 5) is 0. The van der Waals surface area contributed by atoms with Gasteiger partial charge in [-0.05, 0) is 36.8 Å². The molecule has 0 aromatic heterocycles. The van der Waals surface area contributed by atoms with Crippen molar-refractivity contribution in [2.24, 2.45) is 0 Å². The molecule has 0 amide bonds. The molecule has 0 atom stereocenters. The number of rotatable bonds is 3. The minimum absolute atomic E-state index is 0.735. The van der Waals surface area contributed by atoms with Crippen LogP contribution < -0.4 is 9.47 Å². The van der Waals surface area contributed by atoms with E-state index in [4.69, 9.17) is 9.47 Å². The number of hydrogen-bond acceptors (Lipinski definition) is 2. The third-order valence-electron chi connectivity index (χ3n) is 2.29. The van der Waals surface area contributed by atoms with Crippen LogP contribution in [-0.2, 0) is 0 Å². The molecule has 0 saturated carbocycles. The molecule has 18 heavy (non-hydrogen) atoms. The van der Waals surface area contributed by atoms with Gasteiger partial charge in [-0.25, -0.2) is 0 Å². The molecular weight excluding hydrogens is 224 g/mol. The largest absolute Gasteiger partial charge is 0.493 e. The van der Waals surface area contributed by atoms with Crippen LogP contribution in [0.3, 0.4) is 0 Å². The summed E-state index contributed by atoms with van der Waals surface area (Å²) in [6.45, 7) is 6.02. The topological polar surface area (TPSA) is 18.5 Å². The molecule has 96 valence electrons. The van der Waals surface area contributed by atoms with Gasteiger partial charge in [-0.15, -0.1) is 0 Å². The third kappa shape index (κ3) is 3.81. The minimum atomic E-state index is 0.735. The molecule has 0 spiro atoms. The van der Waals surface area contributed by atoms with Gasteiger partial charge in [-0.3, -0.25) is 0 Å². The predicted molar refractivity (Wildman–Crippen MR) is 75.6 cm³/mol. The highest BCUT2D eigenvalue weighted by atomic mass is 16.5. The maximum atomic E-state index is 5.73. The number of aryl methyl sites for hydroxylation is 1. The van der Waals surface area contributed by atoms with Gasteiger partial charge in [0.05, 0.1) is 7.11 Å². The van der Waals surface area contributed by atoms with Crippen molar-refractivity contribution in [2.45, 2.75) is 20.8 Å². The average molecular weight is 244 g/mol. The van der Waals surface area contributed by atoms with E-state index in [0.29, 0.717) is 0 Å². The van der Waals surface area contributed by atoms with E-state index < -0.39 is 0 Å². The summed E-state index contributed by atoms with van der Waals surface area (Å²) < 4.78 is 11.0. The third-order valence-corrected chi connectivity index (χ3v) is 2.29. The van der Waals surface area contributed by atoms with Crippen molar-refractivity contribution in [1.82, 2.24) is 0 Å². The van der Waals surface area contributed by atoms with Gasteiger partial charge in [-0.1, -0.05) is 38.1 Å². The van der Waals surface area contributed by atoms with Crippen LogP contribution in [0.2, 0.25) is 0 Å². The average Bonchev–Trinajstić information content (AvgIpc) is 2.44. The van der Waals surface area contributed by atoms with Crippen LogP contribution in [-0.4, -0.2) is 7.11 Å². The van der Waals surface area contributed by atoms with Crippen LogP contribution in [0.5, 0.6) is 17.2 Å². The molecule has 2 heteroatoms. The Balaban J connectivity index is 0.000000771. The lowest BCUT2D eigenvalue weighted by atomic mass is 10.2. The van der Waals surface area contributed by atoms with Crippen LogP contribution in [0.15, 0.2) is 48.5 Å². The smallest absolute Gasteiger partial charge is 0.169 e. The first-order chi connectivity index (χ1) is 8.79. The lowest BCUT2D eigenvalue weighted by Gasteiger charge is -2.10. The van der Waals surface area contributed by atoms with E-state index in [1.54, 1.807) is 7.11 Å². The van der Waals surface area contributed by atoms with Crippen molar-refractivity contribution in [1.29, 1.82) is 0 Å². The SMILES string of the molecule is CC.COc1cc(C)ccc1Oc1ccccc1. The molecule has 0 bridgehead atoms. The molecule has 0 unspecified atom stereocenters. The Labute approximate surface area is 109 Å². The Morgan fingerprint density at radius 1 is 0.833 bits per heavy atom. The zero-order chi connectivity index (χ0) is 13.4. The van der Waals surface area contributed by atoms with Gasteiger partial charge >= 0.3 is 0 Å². The Morgan fingerprint density at radius 3 is 2.11 bits per heavy atom. The highest BCUT2D eigenvalue weighted by Crippen LogP contribution is 2.31. The molecule has 2 aromatic carbocycles. The van der Waals surface area contributed by atoms with Crippen LogP contribution in [0.4, 0.5) is 0 Å². The van der Waals surface area contributed by atoms with E-state index in [1.807, 2.05) is 69.3 Å². The molecule has 0 aliphatic heterocycles. The van der Waals surface area contributed by atoms with Crippen molar-refractivity contribution < 1.29 is 9.47 Å². The highest BCUT2D eigenvalue weighted by Gasteiger charge is 2.04. The second-order valence-corrected chi connectivity index (χ2v) is 3.57. The fourth-order valence-corrected chi connectivity index (χ4v) is 1.47. The Bertz CT molecular complexity index is 464. The van der Waals surface area contributed by atoms with Crippen molar-refractivity contribution in [3.63, 3.8) is 0 Å². The summed E-state index contributed by atoms with van der Waals surface area (Å²) in [6, 6.07) is 15.5. The molecule has 0 heterocycles. The van der Waals surface area contributed by atoms with Crippen molar-refractivity contribution in [2.75, 3.05) is 7.11 Å². The molecule has 0 fully saturated rings. The van der Waals surface area contributed by atoms with Gasteiger partial charge in [0.25, 0.3) is 0 Å². The van der Waals surface area contributed by atoms with E-state index in [2.05, 4.69) is 0 Å². The summed E-state index contributed by atoms with van der Waals surface area (Å²) >= 11 is 0. The highest BCUT2D eigenvalue weighted by molar-refractivity contribution is 5.45. The number of methoxy groups -OCH3 is 1. The number of benzene rings is 2. The van der Waals surface area contributed by atoms with E-state index >= 15 is 0 Å². The van der Waals surface area contributed by atoms with Crippen LogP contribution in [0.1, 0.15) is 19.4 Å². The second kappa shape index (κ2) is 7.38. The second-order valence-electron chi connectivity index (χ2n) is 3.57. The van der Waals surface area contributed by atoms with Gasteiger partial charge < -0.3 is 9.47 Å². The minimum Gasteiger partial charge on any atom is -0.493 e. The quantitative estimate of drug-likeness (QED) is 0.770. The molecule has 0 radical (unpaired) electrons. The van der Waals surface area contributed by atoms with Crippen LogP contribution in [0, 0.1) is 6.92 Å². The number of ether oxygens (including phenoxy) is 2. The summed E-state index contributed by atoms with van der Waals surface area (Å²) in [5.74, 6) is 2.30. The number of para-hydroxylation sites is 1. The zero-order valence-corrected chi connectivity index (χ0v) is 11.4. The van der Waals surface area contributed by atoms with Crippen molar-refractivity contribution in [3.8, 4) is 17.2 Å². The molecule has 0 saturated heterocycles. The van der Waals surface area contributed by atoms with Crippen molar-refractivity contribution in [3.05, 3.63) is 54.1 Å². The standard InChI is InChI=1S/C14H14O2.C2H6/c1-11-8-9-13(14(10-11)15-2)16-12-6-4-3-5-7-12;1-2/h3-10H,1-2H3;1-2H3. The molecule has 0 aliphatic rings. The van der Waals surface area contributed by atoms with Gasteiger partial charge in [0.2, 0.25) is 0 Å². The maximum absolute atomic E-state index is 5.73. The number of hydrogen-bond donors (Lipinski definition) is 0. The Morgan fingerprint density at radius 2 is 1.50 bits per heavy atom. The first-order valence-electron chi connectivity index (χ1n) is 6.17. The maximum Gasteiger partial charge on any atom is 0.169 e. The molecule has 0 N–H and O–H groups in total. The zero-order valence-electron chi connectivity index (χ0n) is 11.4. The summed E-state index contributed by atoms with van der Waals surface area (Å²) in [7, 11) is 1.65. The van der Waals surface area contributed by atoms with Gasteiger partial charge in [0.1, 0.15) is 5.75 Å². The van der Waals surface area contributed by atoms with Gasteiger partial charge in [0, 0.05) is 0 Å². The predicted octanol–water partition coefficient (Wildman–Crippen LogP) is 4.82. The molecule has 2 aromatic rings.